The van der Waals surface area contributed by atoms with E-state index in [4.69, 9.17) is 4.74 Å². The van der Waals surface area contributed by atoms with E-state index in [9.17, 15) is 5.11 Å². The molecule has 0 spiro atoms. The fraction of sp³-hybridized carbons (Fsp3) is 0.625. The molecule has 0 aromatic heterocycles. The number of methoxy groups -OCH3 is 1. The number of aliphatic hydroxyl groups excluding tert-OH is 1. The minimum Gasteiger partial charge on any atom is -0.389 e. The molecular formula is C16H25NO2. The molecule has 0 heterocycles. The minimum absolute atomic E-state index is 0.230. The highest BCUT2D eigenvalue weighted by Gasteiger charge is 2.48. The molecule has 1 saturated carbocycles. The Morgan fingerprint density at radius 3 is 2.63 bits per heavy atom. The van der Waals surface area contributed by atoms with Crippen LogP contribution in [0.25, 0.3) is 0 Å². The van der Waals surface area contributed by atoms with Crippen molar-refractivity contribution in [3.63, 3.8) is 0 Å². The van der Waals surface area contributed by atoms with Crippen LogP contribution in [0.5, 0.6) is 0 Å². The Kier molecular flexibility index (Phi) is 4.61. The van der Waals surface area contributed by atoms with Crippen molar-refractivity contribution in [3.8, 4) is 0 Å². The Labute approximate surface area is 116 Å². The van der Waals surface area contributed by atoms with Crippen molar-refractivity contribution >= 4 is 0 Å². The molecule has 1 aliphatic carbocycles. The topological polar surface area (TPSA) is 41.5 Å². The van der Waals surface area contributed by atoms with Gasteiger partial charge in [-0.1, -0.05) is 44.2 Å². The van der Waals surface area contributed by atoms with E-state index < -0.39 is 6.10 Å². The van der Waals surface area contributed by atoms with E-state index in [2.05, 4.69) is 49.5 Å². The molecule has 3 atom stereocenters. The van der Waals surface area contributed by atoms with Gasteiger partial charge >= 0.3 is 0 Å². The molecule has 2 N–H and O–H groups in total. The van der Waals surface area contributed by atoms with Gasteiger partial charge in [-0.15, -0.1) is 0 Å². The van der Waals surface area contributed by atoms with Crippen LogP contribution in [0.2, 0.25) is 0 Å². The maximum atomic E-state index is 9.68. The number of benzene rings is 1. The summed E-state index contributed by atoms with van der Waals surface area (Å²) >= 11 is 0. The summed E-state index contributed by atoms with van der Waals surface area (Å²) in [6.07, 6.45) is 0.716. The van der Waals surface area contributed by atoms with Crippen LogP contribution in [0.1, 0.15) is 31.7 Å². The zero-order valence-corrected chi connectivity index (χ0v) is 12.1. The van der Waals surface area contributed by atoms with Gasteiger partial charge in [-0.3, -0.25) is 0 Å². The lowest BCUT2D eigenvalue weighted by Crippen LogP contribution is -2.56. The molecule has 3 heteroatoms. The molecule has 1 aromatic rings. The summed E-state index contributed by atoms with van der Waals surface area (Å²) in [5.74, 6) is 0.603. The fourth-order valence-electron chi connectivity index (χ4n) is 3.05. The van der Waals surface area contributed by atoms with Crippen LogP contribution in [-0.2, 0) is 4.74 Å². The molecule has 0 bridgehead atoms. The van der Waals surface area contributed by atoms with Crippen LogP contribution in [-0.4, -0.2) is 37.5 Å². The molecule has 106 valence electrons. The van der Waals surface area contributed by atoms with E-state index >= 15 is 0 Å². The third-order valence-electron chi connectivity index (χ3n) is 4.43. The van der Waals surface area contributed by atoms with Gasteiger partial charge in [-0.05, 0) is 23.3 Å². The molecular weight excluding hydrogens is 238 g/mol. The normalized spacial score (nSPS) is 26.7. The van der Waals surface area contributed by atoms with E-state index in [1.54, 1.807) is 7.11 Å². The van der Waals surface area contributed by atoms with Gasteiger partial charge in [0.1, 0.15) is 0 Å². The first-order chi connectivity index (χ1) is 9.05. The Balaban J connectivity index is 1.87. The largest absolute Gasteiger partial charge is 0.389 e. The highest BCUT2D eigenvalue weighted by molar-refractivity contribution is 5.27. The predicted octanol–water partition coefficient (Wildman–Crippen LogP) is 2.17. The Morgan fingerprint density at radius 1 is 1.37 bits per heavy atom. The van der Waals surface area contributed by atoms with Crippen molar-refractivity contribution in [2.75, 3.05) is 20.3 Å². The zero-order valence-electron chi connectivity index (χ0n) is 12.1. The second-order valence-electron chi connectivity index (χ2n) is 6.09. The Hall–Kier alpha value is -0.900. The van der Waals surface area contributed by atoms with Crippen molar-refractivity contribution in [1.82, 2.24) is 5.32 Å². The number of hydrogen-bond donors (Lipinski definition) is 2. The first-order valence-corrected chi connectivity index (χ1v) is 7.01. The summed E-state index contributed by atoms with van der Waals surface area (Å²) in [5.41, 5.74) is 1.65. The summed E-state index contributed by atoms with van der Waals surface area (Å²) < 4.78 is 4.94. The van der Waals surface area contributed by atoms with Crippen molar-refractivity contribution in [2.45, 2.75) is 38.3 Å². The van der Waals surface area contributed by atoms with Crippen molar-refractivity contribution in [1.29, 1.82) is 0 Å². The predicted molar refractivity (Wildman–Crippen MR) is 77.3 cm³/mol. The van der Waals surface area contributed by atoms with Gasteiger partial charge in [0.2, 0.25) is 0 Å². The average Bonchev–Trinajstić information content (AvgIpc) is 2.39. The maximum absolute atomic E-state index is 9.68. The van der Waals surface area contributed by atoms with Crippen LogP contribution in [0, 0.1) is 5.41 Å². The van der Waals surface area contributed by atoms with E-state index in [0.717, 1.165) is 6.42 Å². The lowest BCUT2D eigenvalue weighted by Gasteiger charge is -2.53. The second kappa shape index (κ2) is 6.04. The Bertz CT molecular complexity index is 391. The van der Waals surface area contributed by atoms with Crippen molar-refractivity contribution < 1.29 is 9.84 Å². The average molecular weight is 263 g/mol. The number of nitrogens with one attached hydrogen (secondary N) is 1. The van der Waals surface area contributed by atoms with Crippen LogP contribution in [0.15, 0.2) is 30.3 Å². The lowest BCUT2D eigenvalue weighted by molar-refractivity contribution is 0.0322. The number of hydrogen-bond acceptors (Lipinski definition) is 3. The van der Waals surface area contributed by atoms with Crippen LogP contribution >= 0.6 is 0 Å². The van der Waals surface area contributed by atoms with Crippen molar-refractivity contribution in [3.05, 3.63) is 35.9 Å². The third-order valence-corrected chi connectivity index (χ3v) is 4.43. The van der Waals surface area contributed by atoms with Crippen LogP contribution in [0.3, 0.4) is 0 Å². The SMILES string of the molecule is COC[C@H](O)CN[C@@H]1C[C@@H](c2ccccc2)C1(C)C. The standard InChI is InChI=1S/C16H25NO2/c1-16(2)14(12-7-5-4-6-8-12)9-15(16)17-10-13(18)11-19-3/h4-8,13-15,17-18H,9-11H2,1-3H3/t13-,14+,15-/m1/s1. The zero-order chi connectivity index (χ0) is 13.9. The van der Waals surface area contributed by atoms with Crippen molar-refractivity contribution in [2.24, 2.45) is 5.41 Å². The molecule has 1 aromatic carbocycles. The second-order valence-corrected chi connectivity index (χ2v) is 6.09. The molecule has 1 aliphatic rings. The summed E-state index contributed by atoms with van der Waals surface area (Å²) in [6.45, 7) is 5.59. The van der Waals surface area contributed by atoms with E-state index in [-0.39, 0.29) is 5.41 Å². The number of ether oxygens (including phenoxy) is 1. The summed E-state index contributed by atoms with van der Waals surface area (Å²) in [7, 11) is 1.61. The maximum Gasteiger partial charge on any atom is 0.0897 e. The first-order valence-electron chi connectivity index (χ1n) is 7.01. The van der Waals surface area contributed by atoms with Gasteiger partial charge in [0.15, 0.2) is 0 Å². The third kappa shape index (κ3) is 3.16. The summed E-state index contributed by atoms with van der Waals surface area (Å²) in [6, 6.07) is 11.2. The molecule has 19 heavy (non-hydrogen) atoms. The van der Waals surface area contributed by atoms with E-state index in [1.165, 1.54) is 5.56 Å². The summed E-state index contributed by atoms with van der Waals surface area (Å²) in [4.78, 5) is 0. The molecule has 0 radical (unpaired) electrons. The molecule has 3 nitrogen and oxygen atoms in total. The fourth-order valence-corrected chi connectivity index (χ4v) is 3.05. The van der Waals surface area contributed by atoms with Gasteiger partial charge in [-0.2, -0.15) is 0 Å². The summed E-state index contributed by atoms with van der Waals surface area (Å²) in [5, 5.41) is 13.1. The number of aliphatic hydroxyl groups is 1. The van der Waals surface area contributed by atoms with Crippen LogP contribution < -0.4 is 5.32 Å². The monoisotopic (exact) mass is 263 g/mol. The molecule has 0 amide bonds. The van der Waals surface area contributed by atoms with Gasteiger partial charge in [0.05, 0.1) is 12.7 Å². The highest BCUT2D eigenvalue weighted by atomic mass is 16.5. The van der Waals surface area contributed by atoms with Crippen LogP contribution in [0.4, 0.5) is 0 Å². The lowest BCUT2D eigenvalue weighted by atomic mass is 9.56. The molecule has 2 rings (SSSR count). The molecule has 0 saturated heterocycles. The van der Waals surface area contributed by atoms with Gasteiger partial charge in [0, 0.05) is 19.7 Å². The minimum atomic E-state index is -0.420. The van der Waals surface area contributed by atoms with Gasteiger partial charge in [-0.25, -0.2) is 0 Å². The molecule has 0 aliphatic heterocycles. The van der Waals surface area contributed by atoms with Gasteiger partial charge < -0.3 is 15.2 Å². The molecule has 0 unspecified atom stereocenters. The first kappa shape index (κ1) is 14.5. The smallest absolute Gasteiger partial charge is 0.0897 e. The highest BCUT2D eigenvalue weighted by Crippen LogP contribution is 2.52. The van der Waals surface area contributed by atoms with Gasteiger partial charge in [0.25, 0.3) is 0 Å². The quantitative estimate of drug-likeness (QED) is 0.826. The van der Waals surface area contributed by atoms with E-state index in [0.29, 0.717) is 25.1 Å². The molecule has 1 fully saturated rings. The van der Waals surface area contributed by atoms with E-state index in [1.807, 2.05) is 0 Å². The number of rotatable bonds is 6. The Morgan fingerprint density at radius 2 is 2.05 bits per heavy atom.